The third-order valence-electron chi connectivity index (χ3n) is 4.14. The maximum Gasteiger partial charge on any atom is 0.220 e. The Bertz CT molecular complexity index is 390. The number of nitrogens with one attached hydrogen (secondary N) is 2. The van der Waals surface area contributed by atoms with Crippen LogP contribution in [0.5, 0.6) is 0 Å². The Morgan fingerprint density at radius 3 is 2.90 bits per heavy atom. The first-order valence-corrected chi connectivity index (χ1v) is 7.70. The average Bonchev–Trinajstić information content (AvgIpc) is 2.98. The molecule has 1 aliphatic heterocycles. The molecule has 2 heterocycles. The van der Waals surface area contributed by atoms with Gasteiger partial charge in [-0.15, -0.1) is 12.4 Å². The molecule has 6 heteroatoms. The largest absolute Gasteiger partial charge is 0.356 e. The van der Waals surface area contributed by atoms with E-state index in [4.69, 9.17) is 0 Å². The Hall–Kier alpha value is -1.07. The minimum absolute atomic E-state index is 0. The van der Waals surface area contributed by atoms with Gasteiger partial charge in [0.15, 0.2) is 0 Å². The summed E-state index contributed by atoms with van der Waals surface area (Å²) in [6, 6.07) is 1.92. The van der Waals surface area contributed by atoms with Crippen molar-refractivity contribution in [1.82, 2.24) is 20.4 Å². The van der Waals surface area contributed by atoms with Crippen LogP contribution >= 0.6 is 12.4 Å². The Morgan fingerprint density at radius 1 is 1.48 bits per heavy atom. The molecule has 1 fully saturated rings. The maximum atomic E-state index is 11.9. The fourth-order valence-corrected chi connectivity index (χ4v) is 2.85. The zero-order valence-corrected chi connectivity index (χ0v) is 13.6. The third-order valence-corrected chi connectivity index (χ3v) is 4.14. The fourth-order valence-electron chi connectivity index (χ4n) is 2.85. The van der Waals surface area contributed by atoms with Gasteiger partial charge >= 0.3 is 0 Å². The van der Waals surface area contributed by atoms with Crippen molar-refractivity contribution in [3.05, 3.63) is 18.5 Å². The molecule has 5 nitrogen and oxygen atoms in total. The van der Waals surface area contributed by atoms with E-state index in [1.807, 2.05) is 16.9 Å². The first kappa shape index (κ1) is 18.0. The summed E-state index contributed by atoms with van der Waals surface area (Å²) in [5.41, 5.74) is 0. The highest BCUT2D eigenvalue weighted by molar-refractivity contribution is 5.85. The molecule has 1 aromatic rings. The predicted molar refractivity (Wildman–Crippen MR) is 86.5 cm³/mol. The average molecular weight is 315 g/mol. The van der Waals surface area contributed by atoms with E-state index in [0.717, 1.165) is 32.6 Å². The van der Waals surface area contributed by atoms with E-state index in [-0.39, 0.29) is 18.3 Å². The van der Waals surface area contributed by atoms with Crippen LogP contribution in [0.25, 0.3) is 0 Å². The van der Waals surface area contributed by atoms with Gasteiger partial charge in [0, 0.05) is 31.9 Å². The fraction of sp³-hybridized carbons (Fsp3) is 0.733. The van der Waals surface area contributed by atoms with Crippen molar-refractivity contribution >= 4 is 18.3 Å². The van der Waals surface area contributed by atoms with Gasteiger partial charge in [-0.2, -0.15) is 5.10 Å². The van der Waals surface area contributed by atoms with E-state index >= 15 is 0 Å². The van der Waals surface area contributed by atoms with Crippen LogP contribution in [0.2, 0.25) is 0 Å². The van der Waals surface area contributed by atoms with Crippen LogP contribution < -0.4 is 10.6 Å². The highest BCUT2D eigenvalue weighted by Crippen LogP contribution is 2.23. The molecule has 1 aliphatic rings. The standard InChI is InChI=1S/C15H26N4O.ClH/c1-13(14-4-8-16-9-5-14)12-15(20)17-6-2-10-19-11-3-7-18-19;/h3,7,11,13-14,16H,2,4-6,8-10,12H2,1H3,(H,17,20);1H. The van der Waals surface area contributed by atoms with Gasteiger partial charge in [-0.3, -0.25) is 9.48 Å². The van der Waals surface area contributed by atoms with E-state index < -0.39 is 0 Å². The Morgan fingerprint density at radius 2 is 2.24 bits per heavy atom. The van der Waals surface area contributed by atoms with Crippen LogP contribution in [0.3, 0.4) is 0 Å². The normalized spacial score (nSPS) is 17.0. The second kappa shape index (κ2) is 9.79. The van der Waals surface area contributed by atoms with Gasteiger partial charge in [-0.05, 0) is 50.3 Å². The van der Waals surface area contributed by atoms with Gasteiger partial charge < -0.3 is 10.6 Å². The van der Waals surface area contributed by atoms with E-state index in [1.165, 1.54) is 12.8 Å². The topological polar surface area (TPSA) is 59.0 Å². The molecule has 1 amide bonds. The van der Waals surface area contributed by atoms with E-state index in [2.05, 4.69) is 22.7 Å². The number of nitrogens with zero attached hydrogens (tertiary/aromatic N) is 2. The van der Waals surface area contributed by atoms with Crippen LogP contribution in [-0.4, -0.2) is 35.3 Å². The molecule has 120 valence electrons. The Labute approximate surface area is 133 Å². The highest BCUT2D eigenvalue weighted by atomic mass is 35.5. The van der Waals surface area contributed by atoms with Gasteiger partial charge in [0.25, 0.3) is 0 Å². The van der Waals surface area contributed by atoms with Crippen molar-refractivity contribution in [3.8, 4) is 0 Å². The number of aryl methyl sites for hydroxylation is 1. The van der Waals surface area contributed by atoms with Gasteiger partial charge in [0.1, 0.15) is 0 Å². The number of carbonyl (C=O) groups excluding carboxylic acids is 1. The van der Waals surface area contributed by atoms with Gasteiger partial charge in [0.05, 0.1) is 0 Å². The Kier molecular flexibility index (Phi) is 8.38. The molecule has 0 bridgehead atoms. The summed E-state index contributed by atoms with van der Waals surface area (Å²) in [5, 5.41) is 10.5. The van der Waals surface area contributed by atoms with E-state index in [0.29, 0.717) is 18.3 Å². The molecule has 1 saturated heterocycles. The van der Waals surface area contributed by atoms with Crippen LogP contribution in [0.4, 0.5) is 0 Å². The molecule has 2 rings (SSSR count). The lowest BCUT2D eigenvalue weighted by molar-refractivity contribution is -0.122. The number of aromatic nitrogens is 2. The summed E-state index contributed by atoms with van der Waals surface area (Å²) in [6.45, 7) is 6.00. The number of carbonyl (C=O) groups is 1. The number of hydrogen-bond donors (Lipinski definition) is 2. The molecule has 0 spiro atoms. The van der Waals surface area contributed by atoms with Gasteiger partial charge in [-0.1, -0.05) is 6.92 Å². The minimum Gasteiger partial charge on any atom is -0.356 e. The SMILES string of the molecule is CC(CC(=O)NCCCn1cccn1)C1CCNCC1.Cl. The lowest BCUT2D eigenvalue weighted by atomic mass is 9.84. The number of hydrogen-bond acceptors (Lipinski definition) is 3. The molecule has 1 aromatic heterocycles. The molecule has 0 radical (unpaired) electrons. The van der Waals surface area contributed by atoms with Gasteiger partial charge in [-0.25, -0.2) is 0 Å². The molecule has 1 atom stereocenters. The van der Waals surface area contributed by atoms with Crippen molar-refractivity contribution in [3.63, 3.8) is 0 Å². The van der Waals surface area contributed by atoms with Crippen LogP contribution in [0.15, 0.2) is 18.5 Å². The number of halogens is 1. The molecule has 0 saturated carbocycles. The first-order valence-electron chi connectivity index (χ1n) is 7.70. The molecule has 2 N–H and O–H groups in total. The summed E-state index contributed by atoms with van der Waals surface area (Å²) in [7, 11) is 0. The van der Waals surface area contributed by atoms with Crippen molar-refractivity contribution in [1.29, 1.82) is 0 Å². The molecule has 0 aromatic carbocycles. The Balaban J connectivity index is 0.00000220. The molecule has 1 unspecified atom stereocenters. The zero-order chi connectivity index (χ0) is 14.2. The summed E-state index contributed by atoms with van der Waals surface area (Å²) in [5.74, 6) is 1.38. The lowest BCUT2D eigenvalue weighted by Crippen LogP contribution is -2.33. The second-order valence-electron chi connectivity index (χ2n) is 5.74. The third kappa shape index (κ3) is 6.48. The maximum absolute atomic E-state index is 11.9. The molecule has 0 aliphatic carbocycles. The second-order valence-corrected chi connectivity index (χ2v) is 5.74. The first-order chi connectivity index (χ1) is 9.75. The van der Waals surface area contributed by atoms with Crippen LogP contribution in [0.1, 0.15) is 32.6 Å². The number of piperidine rings is 1. The van der Waals surface area contributed by atoms with E-state index in [1.54, 1.807) is 6.20 Å². The zero-order valence-electron chi connectivity index (χ0n) is 12.8. The lowest BCUT2D eigenvalue weighted by Gasteiger charge is -2.27. The van der Waals surface area contributed by atoms with Crippen molar-refractivity contribution in [2.24, 2.45) is 11.8 Å². The van der Waals surface area contributed by atoms with E-state index in [9.17, 15) is 4.79 Å². The monoisotopic (exact) mass is 314 g/mol. The summed E-state index contributed by atoms with van der Waals surface area (Å²) < 4.78 is 1.89. The van der Waals surface area contributed by atoms with Gasteiger partial charge in [0.2, 0.25) is 5.91 Å². The molecular weight excluding hydrogens is 288 g/mol. The van der Waals surface area contributed by atoms with Crippen LogP contribution in [-0.2, 0) is 11.3 Å². The quantitative estimate of drug-likeness (QED) is 0.755. The van der Waals surface area contributed by atoms with Crippen molar-refractivity contribution in [2.75, 3.05) is 19.6 Å². The molecular formula is C15H27ClN4O. The summed E-state index contributed by atoms with van der Waals surface area (Å²) in [4.78, 5) is 11.9. The smallest absolute Gasteiger partial charge is 0.220 e. The summed E-state index contributed by atoms with van der Waals surface area (Å²) >= 11 is 0. The highest BCUT2D eigenvalue weighted by Gasteiger charge is 2.21. The van der Waals surface area contributed by atoms with Crippen LogP contribution in [0, 0.1) is 11.8 Å². The van der Waals surface area contributed by atoms with Crippen molar-refractivity contribution < 1.29 is 4.79 Å². The molecule has 21 heavy (non-hydrogen) atoms. The van der Waals surface area contributed by atoms with Crippen molar-refractivity contribution in [2.45, 2.75) is 39.2 Å². The minimum atomic E-state index is 0. The summed E-state index contributed by atoms with van der Waals surface area (Å²) in [6.07, 6.45) is 7.71. The number of amides is 1. The number of rotatable bonds is 7. The predicted octanol–water partition coefficient (Wildman–Crippen LogP) is 1.84.